The third-order valence-corrected chi connectivity index (χ3v) is 11.4. The Morgan fingerprint density at radius 2 is 1.62 bits per heavy atom. The number of fused-ring (bicyclic) bond motifs is 6. The van der Waals surface area contributed by atoms with Crippen LogP contribution in [0.1, 0.15) is 61.6 Å². The monoisotopic (exact) mass is 586 g/mol. The van der Waals surface area contributed by atoms with Crippen molar-refractivity contribution in [2.24, 2.45) is 17.8 Å². The number of allylic oxidation sites excluding steroid dienone is 12. The Kier molecular flexibility index (Phi) is 6.58. The Morgan fingerprint density at radius 1 is 0.756 bits per heavy atom. The van der Waals surface area contributed by atoms with Crippen LogP contribution in [0.5, 0.6) is 0 Å². The van der Waals surface area contributed by atoms with Gasteiger partial charge in [0.25, 0.3) is 0 Å². The summed E-state index contributed by atoms with van der Waals surface area (Å²) in [4.78, 5) is 5.37. The van der Waals surface area contributed by atoms with Crippen molar-refractivity contribution in [1.29, 1.82) is 0 Å². The second-order valence-electron chi connectivity index (χ2n) is 13.9. The Balaban J connectivity index is 1.10. The van der Waals surface area contributed by atoms with Crippen molar-refractivity contribution in [3.63, 3.8) is 0 Å². The molecule has 1 saturated heterocycles. The largest absolute Gasteiger partial charge is 0.357 e. The van der Waals surface area contributed by atoms with Crippen molar-refractivity contribution < 1.29 is 0 Å². The summed E-state index contributed by atoms with van der Waals surface area (Å²) in [6.07, 6.45) is 41.5. The zero-order valence-corrected chi connectivity index (χ0v) is 26.2. The Labute approximate surface area is 268 Å². The third-order valence-electron chi connectivity index (χ3n) is 11.4. The molecule has 7 atom stereocenters. The quantitative estimate of drug-likeness (QED) is 0.352. The summed E-state index contributed by atoms with van der Waals surface area (Å²) in [7, 11) is 0. The Hall–Kier alpha value is -4.30. The van der Waals surface area contributed by atoms with E-state index >= 15 is 0 Å². The lowest BCUT2D eigenvalue weighted by molar-refractivity contribution is 0.521. The summed E-state index contributed by atoms with van der Waals surface area (Å²) in [5.74, 6) is 1.94. The van der Waals surface area contributed by atoms with E-state index in [0.29, 0.717) is 41.8 Å². The smallest absolute Gasteiger partial charge is 0.0626 e. The number of hydrogen-bond donors (Lipinski definition) is 0. The van der Waals surface area contributed by atoms with Crippen molar-refractivity contribution in [1.82, 2.24) is 0 Å². The van der Waals surface area contributed by atoms with Gasteiger partial charge in [-0.25, -0.2) is 0 Å². The minimum Gasteiger partial charge on any atom is -0.357 e. The molecule has 0 bridgehead atoms. The van der Waals surface area contributed by atoms with Crippen LogP contribution < -0.4 is 9.80 Å². The van der Waals surface area contributed by atoms with Gasteiger partial charge >= 0.3 is 0 Å². The highest BCUT2D eigenvalue weighted by Gasteiger charge is 2.46. The summed E-state index contributed by atoms with van der Waals surface area (Å²) in [5, 5.41) is 0. The topological polar surface area (TPSA) is 6.48 Å². The molecular formula is C43H42N2. The molecule has 45 heavy (non-hydrogen) atoms. The standard InChI is InChI=1S/C43H42N2/c1-29-12-5-8-19-39(29)45-41-21-10-7-18-36(41)38-27-32(23-25-42(38)45)33-22-24-37-35-17-6-9-20-40(35)44(43(37)28-33)34-16-11-15-31(26-34)30-13-3-2-4-14-30/h2-3,6-7,9-11,13,15-29,35-37,40-41,43H,4-5,8,12,14H2,1H3. The van der Waals surface area contributed by atoms with E-state index in [1.165, 1.54) is 64.2 Å². The molecule has 0 saturated carbocycles. The van der Waals surface area contributed by atoms with Crippen molar-refractivity contribution >= 4 is 22.5 Å². The first-order valence-electron chi connectivity index (χ1n) is 17.2. The van der Waals surface area contributed by atoms with Crippen LogP contribution in [0.2, 0.25) is 0 Å². The highest BCUT2D eigenvalue weighted by atomic mass is 15.2. The average molecular weight is 587 g/mol. The van der Waals surface area contributed by atoms with Crippen LogP contribution in [-0.4, -0.2) is 18.1 Å². The molecule has 224 valence electrons. The summed E-state index contributed by atoms with van der Waals surface area (Å²) >= 11 is 0. The van der Waals surface area contributed by atoms with Gasteiger partial charge in [0.15, 0.2) is 0 Å². The molecule has 9 rings (SSSR count). The molecule has 2 aromatic rings. The van der Waals surface area contributed by atoms with E-state index < -0.39 is 0 Å². The van der Waals surface area contributed by atoms with Gasteiger partial charge in [0, 0.05) is 34.8 Å². The Bertz CT molecular complexity index is 1800. The maximum absolute atomic E-state index is 2.71. The fourth-order valence-corrected chi connectivity index (χ4v) is 9.17. The van der Waals surface area contributed by atoms with Crippen molar-refractivity contribution in [2.75, 3.05) is 9.80 Å². The molecule has 2 aliphatic heterocycles. The molecule has 0 radical (unpaired) electrons. The molecule has 2 aromatic carbocycles. The van der Waals surface area contributed by atoms with Gasteiger partial charge in [-0.15, -0.1) is 0 Å². The molecule has 0 amide bonds. The molecule has 2 heterocycles. The predicted octanol–water partition coefficient (Wildman–Crippen LogP) is 10.1. The van der Waals surface area contributed by atoms with E-state index in [4.69, 9.17) is 0 Å². The first kappa shape index (κ1) is 27.0. The lowest BCUT2D eigenvalue weighted by atomic mass is 9.80. The molecule has 0 N–H and O–H groups in total. The predicted molar refractivity (Wildman–Crippen MR) is 190 cm³/mol. The van der Waals surface area contributed by atoms with Crippen LogP contribution in [-0.2, 0) is 0 Å². The molecule has 5 aliphatic carbocycles. The van der Waals surface area contributed by atoms with E-state index in [1.54, 1.807) is 0 Å². The Morgan fingerprint density at radius 3 is 2.51 bits per heavy atom. The van der Waals surface area contributed by atoms with Gasteiger partial charge in [-0.2, -0.15) is 0 Å². The van der Waals surface area contributed by atoms with E-state index in [2.05, 4.69) is 150 Å². The van der Waals surface area contributed by atoms with E-state index in [9.17, 15) is 0 Å². The van der Waals surface area contributed by atoms with Gasteiger partial charge in [-0.1, -0.05) is 116 Å². The van der Waals surface area contributed by atoms with E-state index in [-0.39, 0.29) is 0 Å². The van der Waals surface area contributed by atoms with Crippen molar-refractivity contribution in [3.8, 4) is 0 Å². The normalized spacial score (nSPS) is 32.1. The SMILES string of the molecule is CC1CCCC=C1N1c2ccc(C3=CC4C(C=C3)C3C=CC=CC3N4c3cccc(C4=CC=CCC4)c3)cc2C2C=CC=CC21. The van der Waals surface area contributed by atoms with Gasteiger partial charge in [-0.3, -0.25) is 0 Å². The zero-order valence-electron chi connectivity index (χ0n) is 26.2. The summed E-state index contributed by atoms with van der Waals surface area (Å²) in [6.45, 7) is 2.41. The lowest BCUT2D eigenvalue weighted by Gasteiger charge is -2.35. The summed E-state index contributed by atoms with van der Waals surface area (Å²) < 4.78 is 0. The first-order valence-corrected chi connectivity index (χ1v) is 17.2. The highest BCUT2D eigenvalue weighted by Crippen LogP contribution is 2.50. The molecule has 1 fully saturated rings. The molecule has 2 nitrogen and oxygen atoms in total. The van der Waals surface area contributed by atoms with Crippen LogP contribution in [0.15, 0.2) is 139 Å². The minimum atomic E-state index is 0.311. The van der Waals surface area contributed by atoms with Crippen molar-refractivity contribution in [3.05, 3.63) is 156 Å². The van der Waals surface area contributed by atoms with E-state index in [1.807, 2.05) is 0 Å². The van der Waals surface area contributed by atoms with Gasteiger partial charge in [0.1, 0.15) is 0 Å². The maximum atomic E-state index is 2.71. The number of anilines is 2. The first-order chi connectivity index (χ1) is 22.2. The average Bonchev–Trinajstić information content (AvgIpc) is 3.61. The molecule has 7 aliphatic rings. The third kappa shape index (κ3) is 4.44. The van der Waals surface area contributed by atoms with Crippen LogP contribution in [0.25, 0.3) is 11.1 Å². The van der Waals surface area contributed by atoms with Crippen LogP contribution in [0.4, 0.5) is 11.4 Å². The molecule has 0 spiro atoms. The lowest BCUT2D eigenvalue weighted by Crippen LogP contribution is -2.37. The number of hydrogen-bond acceptors (Lipinski definition) is 2. The fourth-order valence-electron chi connectivity index (χ4n) is 9.17. The molecule has 0 aromatic heterocycles. The zero-order chi connectivity index (χ0) is 29.9. The van der Waals surface area contributed by atoms with Crippen LogP contribution in [0, 0.1) is 17.8 Å². The second-order valence-corrected chi connectivity index (χ2v) is 13.9. The van der Waals surface area contributed by atoms with Gasteiger partial charge in [0.05, 0.1) is 18.1 Å². The second kappa shape index (κ2) is 10.9. The van der Waals surface area contributed by atoms with Gasteiger partial charge in [-0.05, 0) is 90.1 Å². The fraction of sp³-hybridized carbons (Fsp3) is 0.302. The van der Waals surface area contributed by atoms with Crippen LogP contribution in [0.3, 0.4) is 0 Å². The summed E-state index contributed by atoms with van der Waals surface area (Å²) in [5.41, 5.74) is 11.2. The van der Waals surface area contributed by atoms with E-state index in [0.717, 1.165) is 12.8 Å². The highest BCUT2D eigenvalue weighted by molar-refractivity contribution is 5.81. The number of nitrogens with zero attached hydrogens (tertiary/aromatic N) is 2. The minimum absolute atomic E-state index is 0.311. The number of benzene rings is 2. The molecule has 7 unspecified atom stereocenters. The molecule has 2 heteroatoms. The molecular weight excluding hydrogens is 544 g/mol. The van der Waals surface area contributed by atoms with Gasteiger partial charge in [0.2, 0.25) is 0 Å². The van der Waals surface area contributed by atoms with Gasteiger partial charge < -0.3 is 9.80 Å². The maximum Gasteiger partial charge on any atom is 0.0626 e. The van der Waals surface area contributed by atoms with Crippen molar-refractivity contribution in [2.45, 2.75) is 63.1 Å². The summed E-state index contributed by atoms with van der Waals surface area (Å²) in [6, 6.07) is 17.7. The van der Waals surface area contributed by atoms with Crippen LogP contribution >= 0.6 is 0 Å². The number of rotatable bonds is 4.